The maximum absolute atomic E-state index is 12.8. The van der Waals surface area contributed by atoms with Gasteiger partial charge in [0.1, 0.15) is 12.4 Å². The van der Waals surface area contributed by atoms with Gasteiger partial charge in [0.25, 0.3) is 0 Å². The molecule has 1 atom stereocenters. The zero-order valence-corrected chi connectivity index (χ0v) is 7.68. The van der Waals surface area contributed by atoms with Gasteiger partial charge >= 0.3 is 5.97 Å². The fraction of sp³-hybridized carbons (Fsp3) is 0.200. The average molecular weight is 209 g/mol. The topological polar surface area (TPSA) is 58.9 Å². The Kier molecular flexibility index (Phi) is 2.37. The van der Waals surface area contributed by atoms with Gasteiger partial charge in [0.2, 0.25) is 5.90 Å². The van der Waals surface area contributed by atoms with Crippen LogP contribution in [0.3, 0.4) is 0 Å². The smallest absolute Gasteiger partial charge is 0.332 e. The largest absolute Gasteiger partial charge is 0.480 e. The molecule has 4 nitrogen and oxygen atoms in total. The standard InChI is InChI=1S/C10H8FNO3/c11-7-3-1-2-6(4-7)9-12-8(5-15-9)10(13)14/h1-4,8H,5H2,(H,13,14)/t8-/m1/s1. The number of benzene rings is 1. The lowest BCUT2D eigenvalue weighted by Gasteiger charge is -2.00. The molecule has 1 heterocycles. The summed E-state index contributed by atoms with van der Waals surface area (Å²) in [5.41, 5.74) is 0.457. The number of carboxylic acids is 1. The van der Waals surface area contributed by atoms with Crippen LogP contribution >= 0.6 is 0 Å². The van der Waals surface area contributed by atoms with Crippen LogP contribution in [0.25, 0.3) is 0 Å². The molecule has 0 aliphatic carbocycles. The van der Waals surface area contributed by atoms with Gasteiger partial charge in [0.15, 0.2) is 6.04 Å². The molecule has 5 heteroatoms. The van der Waals surface area contributed by atoms with Crippen LogP contribution < -0.4 is 0 Å². The number of aliphatic carboxylic acids is 1. The van der Waals surface area contributed by atoms with Gasteiger partial charge in [-0.05, 0) is 18.2 Å². The van der Waals surface area contributed by atoms with Crippen molar-refractivity contribution in [3.05, 3.63) is 35.6 Å². The van der Waals surface area contributed by atoms with Gasteiger partial charge in [-0.3, -0.25) is 0 Å². The fourth-order valence-electron chi connectivity index (χ4n) is 1.28. The SMILES string of the molecule is O=C(O)[C@H]1COC(c2cccc(F)c2)=N1. The van der Waals surface area contributed by atoms with Crippen LogP contribution in [-0.2, 0) is 9.53 Å². The number of rotatable bonds is 2. The average Bonchev–Trinajstić information content (AvgIpc) is 2.66. The molecule has 0 unspecified atom stereocenters. The second-order valence-electron chi connectivity index (χ2n) is 3.11. The van der Waals surface area contributed by atoms with Crippen molar-refractivity contribution in [2.75, 3.05) is 6.61 Å². The number of carbonyl (C=O) groups is 1. The summed E-state index contributed by atoms with van der Waals surface area (Å²) in [7, 11) is 0. The van der Waals surface area contributed by atoms with Crippen molar-refractivity contribution in [3.63, 3.8) is 0 Å². The van der Waals surface area contributed by atoms with Gasteiger partial charge < -0.3 is 9.84 Å². The van der Waals surface area contributed by atoms with E-state index in [1.54, 1.807) is 6.07 Å². The summed E-state index contributed by atoms with van der Waals surface area (Å²) in [4.78, 5) is 14.4. The van der Waals surface area contributed by atoms with E-state index in [9.17, 15) is 9.18 Å². The van der Waals surface area contributed by atoms with Crippen LogP contribution in [0.4, 0.5) is 4.39 Å². The van der Waals surface area contributed by atoms with E-state index in [0.717, 1.165) is 0 Å². The first-order valence-electron chi connectivity index (χ1n) is 4.36. The van der Waals surface area contributed by atoms with E-state index in [4.69, 9.17) is 9.84 Å². The zero-order valence-electron chi connectivity index (χ0n) is 7.68. The maximum Gasteiger partial charge on any atom is 0.332 e. The quantitative estimate of drug-likeness (QED) is 0.792. The Morgan fingerprint density at radius 2 is 2.40 bits per heavy atom. The van der Waals surface area contributed by atoms with Crippen molar-refractivity contribution in [2.24, 2.45) is 4.99 Å². The Bertz CT molecular complexity index is 430. The summed E-state index contributed by atoms with van der Waals surface area (Å²) >= 11 is 0. The van der Waals surface area contributed by atoms with E-state index in [1.165, 1.54) is 18.2 Å². The van der Waals surface area contributed by atoms with Gasteiger partial charge in [-0.15, -0.1) is 0 Å². The monoisotopic (exact) mass is 209 g/mol. The maximum atomic E-state index is 12.8. The highest BCUT2D eigenvalue weighted by atomic mass is 19.1. The first-order chi connectivity index (χ1) is 7.16. The van der Waals surface area contributed by atoms with Gasteiger partial charge in [-0.25, -0.2) is 14.2 Å². The molecule has 0 aromatic heterocycles. The van der Waals surface area contributed by atoms with Crippen LogP contribution in [-0.4, -0.2) is 29.6 Å². The number of carboxylic acid groups (broad SMARTS) is 1. The van der Waals surface area contributed by atoms with Crippen molar-refractivity contribution in [1.82, 2.24) is 0 Å². The summed E-state index contributed by atoms with van der Waals surface area (Å²) in [5.74, 6) is -1.26. The minimum Gasteiger partial charge on any atom is -0.480 e. The zero-order chi connectivity index (χ0) is 10.8. The molecule has 0 spiro atoms. The van der Waals surface area contributed by atoms with Crippen LogP contribution in [0.1, 0.15) is 5.56 Å². The Labute approximate surface area is 85.0 Å². The van der Waals surface area contributed by atoms with E-state index >= 15 is 0 Å². The molecule has 0 saturated heterocycles. The summed E-state index contributed by atoms with van der Waals surface area (Å²) in [5, 5.41) is 8.67. The molecule has 2 rings (SSSR count). The Hall–Kier alpha value is -1.91. The minimum atomic E-state index is -1.04. The van der Waals surface area contributed by atoms with E-state index in [1.807, 2.05) is 0 Å². The van der Waals surface area contributed by atoms with Gasteiger partial charge in [0.05, 0.1) is 0 Å². The number of aliphatic imine (C=N–C) groups is 1. The molecule has 1 aliphatic heterocycles. The van der Waals surface area contributed by atoms with E-state index in [2.05, 4.69) is 4.99 Å². The molecule has 0 radical (unpaired) electrons. The molecular formula is C10H8FNO3. The summed E-state index contributed by atoms with van der Waals surface area (Å²) in [6.45, 7) is 0.00117. The summed E-state index contributed by atoms with van der Waals surface area (Å²) in [6.07, 6.45) is 0. The van der Waals surface area contributed by atoms with Gasteiger partial charge in [-0.1, -0.05) is 6.07 Å². The second-order valence-corrected chi connectivity index (χ2v) is 3.11. The van der Waals surface area contributed by atoms with Crippen molar-refractivity contribution >= 4 is 11.9 Å². The molecule has 1 aromatic rings. The molecule has 0 saturated carbocycles. The Morgan fingerprint density at radius 1 is 1.60 bits per heavy atom. The molecule has 0 amide bonds. The van der Waals surface area contributed by atoms with Crippen molar-refractivity contribution in [3.8, 4) is 0 Å². The Morgan fingerprint density at radius 3 is 3.00 bits per heavy atom. The third kappa shape index (κ3) is 1.96. The van der Waals surface area contributed by atoms with Gasteiger partial charge in [-0.2, -0.15) is 0 Å². The van der Waals surface area contributed by atoms with Crippen LogP contribution in [0.5, 0.6) is 0 Å². The minimum absolute atomic E-state index is 0.00117. The van der Waals surface area contributed by atoms with E-state index in [-0.39, 0.29) is 12.5 Å². The molecular weight excluding hydrogens is 201 g/mol. The van der Waals surface area contributed by atoms with Crippen molar-refractivity contribution < 1.29 is 19.0 Å². The predicted octanol–water partition coefficient (Wildman–Crippen LogP) is 1.06. The van der Waals surface area contributed by atoms with Crippen LogP contribution in [0.15, 0.2) is 29.3 Å². The lowest BCUT2D eigenvalue weighted by Crippen LogP contribution is -2.18. The Balaban J connectivity index is 2.26. The van der Waals surface area contributed by atoms with E-state index < -0.39 is 17.8 Å². The number of nitrogens with zero attached hydrogens (tertiary/aromatic N) is 1. The number of hydrogen-bond acceptors (Lipinski definition) is 3. The summed E-state index contributed by atoms with van der Waals surface area (Å²) in [6, 6.07) is 4.80. The molecule has 1 N–H and O–H groups in total. The number of ether oxygens (including phenoxy) is 1. The highest BCUT2D eigenvalue weighted by Gasteiger charge is 2.25. The molecule has 0 bridgehead atoms. The highest BCUT2D eigenvalue weighted by Crippen LogP contribution is 2.13. The lowest BCUT2D eigenvalue weighted by atomic mass is 10.2. The van der Waals surface area contributed by atoms with E-state index in [0.29, 0.717) is 5.56 Å². The second kappa shape index (κ2) is 3.68. The van der Waals surface area contributed by atoms with Crippen molar-refractivity contribution in [1.29, 1.82) is 0 Å². The lowest BCUT2D eigenvalue weighted by molar-refractivity contribution is -0.138. The van der Waals surface area contributed by atoms with Crippen LogP contribution in [0.2, 0.25) is 0 Å². The third-order valence-corrected chi connectivity index (χ3v) is 2.01. The molecule has 78 valence electrons. The van der Waals surface area contributed by atoms with Gasteiger partial charge in [0, 0.05) is 5.56 Å². The highest BCUT2D eigenvalue weighted by molar-refractivity contribution is 5.97. The molecule has 0 fully saturated rings. The first-order valence-corrected chi connectivity index (χ1v) is 4.36. The first kappa shape index (κ1) is 9.64. The summed E-state index contributed by atoms with van der Waals surface area (Å²) < 4.78 is 17.9. The molecule has 1 aliphatic rings. The number of halogens is 1. The third-order valence-electron chi connectivity index (χ3n) is 2.01. The normalized spacial score (nSPS) is 19.5. The molecule has 15 heavy (non-hydrogen) atoms. The van der Waals surface area contributed by atoms with Crippen LogP contribution in [0, 0.1) is 5.82 Å². The fourth-order valence-corrected chi connectivity index (χ4v) is 1.28. The van der Waals surface area contributed by atoms with Crippen molar-refractivity contribution in [2.45, 2.75) is 6.04 Å². The number of hydrogen-bond donors (Lipinski definition) is 1. The molecule has 1 aromatic carbocycles. The predicted molar refractivity (Wildman–Crippen MR) is 50.3 cm³/mol.